The van der Waals surface area contributed by atoms with E-state index in [-0.39, 0.29) is 16.4 Å². The fourth-order valence-corrected chi connectivity index (χ4v) is 4.39. The van der Waals surface area contributed by atoms with Gasteiger partial charge in [-0.2, -0.15) is 4.31 Å². The van der Waals surface area contributed by atoms with Crippen LogP contribution >= 0.6 is 0 Å². The van der Waals surface area contributed by atoms with Crippen molar-refractivity contribution in [2.24, 2.45) is 0 Å². The molecule has 0 spiro atoms. The Kier molecular flexibility index (Phi) is 6.05. The molecular formula is C20H21NO5S. The van der Waals surface area contributed by atoms with Crippen molar-refractivity contribution in [3.63, 3.8) is 0 Å². The highest BCUT2D eigenvalue weighted by Crippen LogP contribution is 2.28. The average Bonchev–Trinajstić information content (AvgIpc) is 2.73. The van der Waals surface area contributed by atoms with Gasteiger partial charge in [0.05, 0.1) is 20.3 Å². The SMILES string of the molecule is COc1ccc(/C=C/C(=O)c2ccccc2)cc1S(=O)(=O)N1CCOCC1. The average molecular weight is 387 g/mol. The van der Waals surface area contributed by atoms with E-state index >= 15 is 0 Å². The molecule has 1 saturated heterocycles. The van der Waals surface area contributed by atoms with Crippen molar-refractivity contribution in [2.75, 3.05) is 33.4 Å². The van der Waals surface area contributed by atoms with Crippen molar-refractivity contribution in [1.29, 1.82) is 0 Å². The van der Waals surface area contributed by atoms with E-state index in [2.05, 4.69) is 0 Å². The second-order valence-corrected chi connectivity index (χ2v) is 7.90. The standard InChI is InChI=1S/C20H21NO5S/c1-25-19-10-8-16(7-9-18(22)17-5-3-2-4-6-17)15-20(19)27(23,24)21-11-13-26-14-12-21/h2-10,15H,11-14H2,1H3/b9-7+. The fourth-order valence-electron chi connectivity index (χ4n) is 2.80. The largest absolute Gasteiger partial charge is 0.495 e. The maximum absolute atomic E-state index is 13.0. The molecule has 0 atom stereocenters. The molecule has 27 heavy (non-hydrogen) atoms. The molecule has 0 radical (unpaired) electrons. The molecule has 7 heteroatoms. The highest BCUT2D eigenvalue weighted by atomic mass is 32.2. The van der Waals surface area contributed by atoms with E-state index in [0.717, 1.165) is 0 Å². The molecule has 0 unspecified atom stereocenters. The van der Waals surface area contributed by atoms with Crippen molar-refractivity contribution < 1.29 is 22.7 Å². The number of methoxy groups -OCH3 is 1. The number of benzene rings is 2. The van der Waals surface area contributed by atoms with Crippen LogP contribution in [0, 0.1) is 0 Å². The number of ketones is 1. The van der Waals surface area contributed by atoms with Crippen molar-refractivity contribution in [3.05, 3.63) is 65.7 Å². The van der Waals surface area contributed by atoms with Gasteiger partial charge < -0.3 is 9.47 Å². The molecule has 3 rings (SSSR count). The molecule has 0 bridgehead atoms. The van der Waals surface area contributed by atoms with Crippen LogP contribution < -0.4 is 4.74 Å². The molecule has 0 N–H and O–H groups in total. The van der Waals surface area contributed by atoms with E-state index in [1.165, 1.54) is 23.6 Å². The van der Waals surface area contributed by atoms with Crippen LogP contribution in [0.3, 0.4) is 0 Å². The highest BCUT2D eigenvalue weighted by Gasteiger charge is 2.29. The monoisotopic (exact) mass is 387 g/mol. The molecular weight excluding hydrogens is 366 g/mol. The predicted molar refractivity (Wildman–Crippen MR) is 102 cm³/mol. The minimum absolute atomic E-state index is 0.0845. The maximum atomic E-state index is 13.0. The number of carbonyl (C=O) groups is 1. The van der Waals surface area contributed by atoms with Gasteiger partial charge in [-0.15, -0.1) is 0 Å². The molecule has 0 aromatic heterocycles. The summed E-state index contributed by atoms with van der Waals surface area (Å²) in [5.74, 6) is 0.122. The van der Waals surface area contributed by atoms with Gasteiger partial charge in [0.15, 0.2) is 5.78 Å². The van der Waals surface area contributed by atoms with E-state index < -0.39 is 10.0 Å². The number of carbonyl (C=O) groups excluding carboxylic acids is 1. The zero-order valence-electron chi connectivity index (χ0n) is 15.0. The summed E-state index contributed by atoms with van der Waals surface area (Å²) in [5, 5.41) is 0. The second-order valence-electron chi connectivity index (χ2n) is 5.99. The van der Waals surface area contributed by atoms with E-state index in [1.807, 2.05) is 6.07 Å². The zero-order valence-corrected chi connectivity index (χ0v) is 15.8. The minimum atomic E-state index is -3.71. The summed E-state index contributed by atoms with van der Waals surface area (Å²) >= 11 is 0. The number of hydrogen-bond acceptors (Lipinski definition) is 5. The normalized spacial score (nSPS) is 15.7. The quantitative estimate of drug-likeness (QED) is 0.563. The number of rotatable bonds is 6. The van der Waals surface area contributed by atoms with Crippen LogP contribution in [0.4, 0.5) is 0 Å². The zero-order chi connectivity index (χ0) is 19.3. The molecule has 1 aliphatic rings. The van der Waals surface area contributed by atoms with Crippen LogP contribution in [0.25, 0.3) is 6.08 Å². The first kappa shape index (κ1) is 19.3. The fraction of sp³-hybridized carbons (Fsp3) is 0.250. The Labute approximate surface area is 159 Å². The molecule has 0 saturated carbocycles. The van der Waals surface area contributed by atoms with E-state index in [1.54, 1.807) is 42.5 Å². The van der Waals surface area contributed by atoms with Crippen LogP contribution in [0.5, 0.6) is 5.75 Å². The Morgan fingerprint density at radius 1 is 1.11 bits per heavy atom. The Hall–Kier alpha value is -2.48. The lowest BCUT2D eigenvalue weighted by molar-refractivity contribution is 0.0729. The molecule has 2 aromatic rings. The summed E-state index contributed by atoms with van der Waals surface area (Å²) < 4.78 is 37.8. The Morgan fingerprint density at radius 2 is 1.81 bits per heavy atom. The number of hydrogen-bond donors (Lipinski definition) is 0. The Balaban J connectivity index is 1.89. The molecule has 1 fully saturated rings. The lowest BCUT2D eigenvalue weighted by atomic mass is 10.1. The first-order valence-corrected chi connectivity index (χ1v) is 10.00. The molecule has 0 amide bonds. The first-order valence-electron chi connectivity index (χ1n) is 8.56. The molecule has 6 nitrogen and oxygen atoms in total. The lowest BCUT2D eigenvalue weighted by Crippen LogP contribution is -2.40. The minimum Gasteiger partial charge on any atom is -0.495 e. The van der Waals surface area contributed by atoms with Crippen molar-refractivity contribution in [3.8, 4) is 5.75 Å². The molecule has 1 heterocycles. The first-order chi connectivity index (χ1) is 13.0. The summed E-state index contributed by atoms with van der Waals surface area (Å²) in [6.07, 6.45) is 3.04. The van der Waals surface area contributed by atoms with Crippen LogP contribution in [0.1, 0.15) is 15.9 Å². The molecule has 2 aromatic carbocycles. The van der Waals surface area contributed by atoms with Crippen molar-refractivity contribution >= 4 is 21.9 Å². The van der Waals surface area contributed by atoms with Crippen molar-refractivity contribution in [1.82, 2.24) is 4.31 Å². The predicted octanol–water partition coefficient (Wildman–Crippen LogP) is 2.61. The number of allylic oxidation sites excluding steroid dienone is 1. The highest BCUT2D eigenvalue weighted by molar-refractivity contribution is 7.89. The summed E-state index contributed by atoms with van der Waals surface area (Å²) in [4.78, 5) is 12.3. The van der Waals surface area contributed by atoms with E-state index in [0.29, 0.717) is 37.4 Å². The summed E-state index contributed by atoms with van der Waals surface area (Å²) in [7, 11) is -2.28. The van der Waals surface area contributed by atoms with Crippen LogP contribution in [0.15, 0.2) is 59.5 Å². The maximum Gasteiger partial charge on any atom is 0.246 e. The smallest absolute Gasteiger partial charge is 0.246 e. The van der Waals surface area contributed by atoms with Crippen LogP contribution in [0.2, 0.25) is 0 Å². The Morgan fingerprint density at radius 3 is 2.48 bits per heavy atom. The third-order valence-electron chi connectivity index (χ3n) is 4.26. The third kappa shape index (κ3) is 4.44. The van der Waals surface area contributed by atoms with Crippen LogP contribution in [-0.2, 0) is 14.8 Å². The molecule has 142 valence electrons. The number of ether oxygens (including phenoxy) is 2. The summed E-state index contributed by atoms with van der Waals surface area (Å²) in [6.45, 7) is 1.34. The van der Waals surface area contributed by atoms with Crippen molar-refractivity contribution in [2.45, 2.75) is 4.90 Å². The van der Waals surface area contributed by atoms with Gasteiger partial charge in [0.25, 0.3) is 0 Å². The summed E-state index contributed by atoms with van der Waals surface area (Å²) in [5.41, 5.74) is 1.18. The lowest BCUT2D eigenvalue weighted by Gasteiger charge is -2.26. The van der Waals surface area contributed by atoms with Gasteiger partial charge in [0.1, 0.15) is 10.6 Å². The van der Waals surface area contributed by atoms with Gasteiger partial charge in [-0.1, -0.05) is 42.5 Å². The van der Waals surface area contributed by atoms with Gasteiger partial charge >= 0.3 is 0 Å². The van der Waals surface area contributed by atoms with Gasteiger partial charge in [-0.05, 0) is 23.8 Å². The molecule has 1 aliphatic heterocycles. The second kappa shape index (κ2) is 8.47. The number of morpholine rings is 1. The van der Waals surface area contributed by atoms with Gasteiger partial charge in [-0.25, -0.2) is 8.42 Å². The molecule has 0 aliphatic carbocycles. The number of nitrogens with zero attached hydrogens (tertiary/aromatic N) is 1. The van der Waals surface area contributed by atoms with Gasteiger partial charge in [-0.3, -0.25) is 4.79 Å². The van der Waals surface area contributed by atoms with Crippen LogP contribution in [-0.4, -0.2) is 51.9 Å². The van der Waals surface area contributed by atoms with Gasteiger partial charge in [0.2, 0.25) is 10.0 Å². The third-order valence-corrected chi connectivity index (χ3v) is 6.18. The van der Waals surface area contributed by atoms with E-state index in [4.69, 9.17) is 9.47 Å². The van der Waals surface area contributed by atoms with E-state index in [9.17, 15) is 13.2 Å². The summed E-state index contributed by atoms with van der Waals surface area (Å²) in [6, 6.07) is 13.7. The topological polar surface area (TPSA) is 72.9 Å². The number of sulfonamides is 1. The van der Waals surface area contributed by atoms with Gasteiger partial charge in [0, 0.05) is 18.7 Å². The Bertz CT molecular complexity index is 932.